The fourth-order valence-corrected chi connectivity index (χ4v) is 5.62. The molecule has 0 amide bonds. The highest BCUT2D eigenvalue weighted by Gasteiger charge is 2.30. The Morgan fingerprint density at radius 3 is 1.85 bits per heavy atom. The summed E-state index contributed by atoms with van der Waals surface area (Å²) in [5.41, 5.74) is 3.44. The van der Waals surface area contributed by atoms with E-state index in [0.717, 1.165) is 10.0 Å². The van der Waals surface area contributed by atoms with Gasteiger partial charge in [-0.1, -0.05) is 6.07 Å². The molecule has 53 heavy (non-hydrogen) atoms. The van der Waals surface area contributed by atoms with E-state index in [1.54, 1.807) is 79.9 Å². The summed E-state index contributed by atoms with van der Waals surface area (Å²) in [6.45, 7) is -1.31. The van der Waals surface area contributed by atoms with Crippen molar-refractivity contribution in [1.82, 2.24) is 4.48 Å². The monoisotopic (exact) mass is 727 g/mol. The second-order valence-electron chi connectivity index (χ2n) is 11.4. The number of nitrogens with zero attached hydrogens (tertiary/aromatic N) is 3. The van der Waals surface area contributed by atoms with Gasteiger partial charge in [-0.05, 0) is 96.1 Å². The van der Waals surface area contributed by atoms with E-state index < -0.39 is 31.9 Å². The molecule has 3 aromatic carbocycles. The van der Waals surface area contributed by atoms with Crippen LogP contribution in [0.2, 0.25) is 0 Å². The summed E-state index contributed by atoms with van der Waals surface area (Å²) in [6.07, 6.45) is 3.49. The lowest BCUT2D eigenvalue weighted by Gasteiger charge is -2.25. The number of methoxy groups -OCH3 is 5. The highest BCUT2D eigenvalue weighted by Crippen LogP contribution is 2.39. The van der Waals surface area contributed by atoms with Crippen LogP contribution in [-0.4, -0.2) is 90.7 Å². The van der Waals surface area contributed by atoms with Crippen molar-refractivity contribution in [3.8, 4) is 28.5 Å². The average molecular weight is 728 g/mol. The molecule has 0 saturated heterocycles. The number of allylic oxidation sites excluding steroid dienone is 2. The molecule has 0 saturated carbocycles. The third kappa shape index (κ3) is 8.75. The highest BCUT2D eigenvalue weighted by molar-refractivity contribution is 6.42. The Bertz CT molecular complexity index is 2040. The van der Waals surface area contributed by atoms with Crippen molar-refractivity contribution in [1.29, 1.82) is 0 Å². The second kappa shape index (κ2) is 17.2. The molecule has 0 atom stereocenters. The predicted molar refractivity (Wildman–Crippen MR) is 195 cm³/mol. The summed E-state index contributed by atoms with van der Waals surface area (Å²) < 4.78 is 62.2. The zero-order valence-electron chi connectivity index (χ0n) is 29.6. The molecule has 5 rings (SSSR count). The fraction of sp³-hybridized carbons (Fsp3) is 0.211. The maximum absolute atomic E-state index is 15.2. The fourth-order valence-electron chi connectivity index (χ4n) is 5.62. The van der Waals surface area contributed by atoms with Gasteiger partial charge in [-0.25, -0.2) is 9.79 Å². The van der Waals surface area contributed by atoms with Gasteiger partial charge in [0.15, 0.2) is 6.61 Å². The molecule has 0 spiro atoms. The van der Waals surface area contributed by atoms with Crippen molar-refractivity contribution in [2.24, 2.45) is 4.99 Å². The van der Waals surface area contributed by atoms with E-state index in [4.69, 9.17) is 33.4 Å². The molecule has 0 radical (unpaired) electrons. The number of hydrogen-bond donors (Lipinski definition) is 0. The minimum Gasteiger partial charge on any atom is -0.497 e. The van der Waals surface area contributed by atoms with Crippen molar-refractivity contribution in [2.75, 3.05) is 60.1 Å². The first kappa shape index (κ1) is 37.9. The van der Waals surface area contributed by atoms with Crippen LogP contribution in [0.4, 0.5) is 14.3 Å². The Kier molecular flexibility index (Phi) is 12.3. The van der Waals surface area contributed by atoms with E-state index >= 15 is 8.63 Å². The molecule has 1 aliphatic rings. The van der Waals surface area contributed by atoms with Gasteiger partial charge in [0.25, 0.3) is 0 Å². The van der Waals surface area contributed by atoms with E-state index in [2.05, 4.69) is 0 Å². The molecule has 2 heterocycles. The SMILES string of the molecule is COC(=O)COc1cc(/C(=C2\C=CC(c3ccc(OC)cc3)=N2)c2ccc(-c3ccc(OC)cc3)n2B(F)F)ccc1N(CC(=O)OC)CC(=O)OC. The Morgan fingerprint density at radius 1 is 0.717 bits per heavy atom. The van der Waals surface area contributed by atoms with Crippen LogP contribution in [0, 0.1) is 0 Å². The quantitative estimate of drug-likeness (QED) is 0.0885. The summed E-state index contributed by atoms with van der Waals surface area (Å²) in [4.78, 5) is 43.3. The average Bonchev–Trinajstić information content (AvgIpc) is 3.85. The number of aromatic nitrogens is 1. The molecule has 4 aromatic rings. The lowest BCUT2D eigenvalue weighted by atomic mass is 9.97. The molecule has 0 unspecified atom stereocenters. The van der Waals surface area contributed by atoms with Gasteiger partial charge in [0.1, 0.15) is 30.3 Å². The molecular formula is C38H36BF2N3O9. The Hall–Kier alpha value is -6.38. The van der Waals surface area contributed by atoms with Crippen LogP contribution in [0.3, 0.4) is 0 Å². The lowest BCUT2D eigenvalue weighted by Crippen LogP contribution is -2.36. The number of benzene rings is 3. The van der Waals surface area contributed by atoms with Crippen molar-refractivity contribution in [2.45, 2.75) is 0 Å². The highest BCUT2D eigenvalue weighted by atomic mass is 19.2. The Labute approximate surface area is 305 Å². The van der Waals surface area contributed by atoms with E-state index in [1.165, 1.54) is 39.4 Å². The van der Waals surface area contributed by atoms with Gasteiger partial charge in [0, 0.05) is 22.5 Å². The molecule has 274 valence electrons. The zero-order valence-corrected chi connectivity index (χ0v) is 29.6. The van der Waals surface area contributed by atoms with Gasteiger partial charge in [-0.2, -0.15) is 0 Å². The first-order valence-electron chi connectivity index (χ1n) is 16.1. The van der Waals surface area contributed by atoms with Gasteiger partial charge < -0.3 is 37.8 Å². The van der Waals surface area contributed by atoms with Crippen LogP contribution < -0.4 is 19.1 Å². The number of carbonyl (C=O) groups is 3. The molecule has 0 N–H and O–H groups in total. The van der Waals surface area contributed by atoms with Gasteiger partial charge in [-0.3, -0.25) is 18.2 Å². The topological polar surface area (TPSA) is 127 Å². The molecule has 15 heteroatoms. The number of anilines is 1. The van der Waals surface area contributed by atoms with Gasteiger partial charge in [0.05, 0.1) is 52.6 Å². The largest absolute Gasteiger partial charge is 0.678 e. The first-order valence-corrected chi connectivity index (χ1v) is 16.1. The number of halogens is 2. The lowest BCUT2D eigenvalue weighted by molar-refractivity contribution is -0.143. The third-order valence-corrected chi connectivity index (χ3v) is 8.29. The normalized spacial score (nSPS) is 12.8. The van der Waals surface area contributed by atoms with E-state index in [0.29, 0.717) is 39.6 Å². The number of rotatable bonds is 15. The molecule has 0 aliphatic carbocycles. The van der Waals surface area contributed by atoms with Crippen molar-refractivity contribution < 1.29 is 51.4 Å². The summed E-state index contributed by atoms with van der Waals surface area (Å²) in [5, 5.41) is 0. The van der Waals surface area contributed by atoms with Crippen molar-refractivity contribution in [3.05, 3.63) is 114 Å². The van der Waals surface area contributed by atoms with Crippen LogP contribution in [0.1, 0.15) is 16.8 Å². The third-order valence-electron chi connectivity index (χ3n) is 8.29. The van der Waals surface area contributed by atoms with Gasteiger partial charge in [-0.15, -0.1) is 0 Å². The first-order chi connectivity index (χ1) is 25.6. The van der Waals surface area contributed by atoms with Crippen LogP contribution in [-0.2, 0) is 28.6 Å². The molecular weight excluding hydrogens is 691 g/mol. The Balaban J connectivity index is 1.74. The van der Waals surface area contributed by atoms with E-state index in [1.807, 2.05) is 12.1 Å². The number of carbonyl (C=O) groups excluding carboxylic acids is 3. The van der Waals surface area contributed by atoms with Crippen LogP contribution in [0.25, 0.3) is 16.8 Å². The molecule has 1 aromatic heterocycles. The maximum atomic E-state index is 15.2. The predicted octanol–water partition coefficient (Wildman–Crippen LogP) is 5.47. The van der Waals surface area contributed by atoms with E-state index in [9.17, 15) is 14.4 Å². The summed E-state index contributed by atoms with van der Waals surface area (Å²) in [7, 11) is 3.68. The van der Waals surface area contributed by atoms with Gasteiger partial charge in [0.2, 0.25) is 0 Å². The standard InChI is InChI=1S/C38H36BF2N3O9/c1-48-27-11-6-24(7-12-27)29-15-16-30(42-29)38(33-19-18-31(44(33)39(40)41)25-8-13-28(49-2)14-9-25)26-10-17-32(34(20-26)53-23-37(47)52-5)43(21-35(45)50-3)22-36(46)51-4/h6-20H,21-23H2,1-5H3/b38-30-. The Morgan fingerprint density at radius 2 is 1.30 bits per heavy atom. The summed E-state index contributed by atoms with van der Waals surface area (Å²) in [6, 6.07) is 21.8. The van der Waals surface area contributed by atoms with Crippen LogP contribution in [0.5, 0.6) is 17.2 Å². The van der Waals surface area contributed by atoms with Gasteiger partial charge >= 0.3 is 25.3 Å². The minimum atomic E-state index is -2.98. The molecule has 0 fully saturated rings. The molecule has 12 nitrogen and oxygen atoms in total. The van der Waals surface area contributed by atoms with Crippen molar-refractivity contribution >= 4 is 42.3 Å². The number of esters is 3. The molecule has 0 bridgehead atoms. The minimum absolute atomic E-state index is 0.0330. The maximum Gasteiger partial charge on any atom is 0.678 e. The number of ether oxygens (including phenoxy) is 6. The van der Waals surface area contributed by atoms with E-state index in [-0.39, 0.29) is 35.9 Å². The number of hydrogen-bond acceptors (Lipinski definition) is 11. The number of aliphatic imine (C=N–C) groups is 1. The smallest absolute Gasteiger partial charge is 0.497 e. The van der Waals surface area contributed by atoms with Crippen LogP contribution in [0.15, 0.2) is 102 Å². The van der Waals surface area contributed by atoms with Crippen LogP contribution >= 0.6 is 0 Å². The zero-order chi connectivity index (χ0) is 38.1. The summed E-state index contributed by atoms with van der Waals surface area (Å²) >= 11 is 0. The molecule has 1 aliphatic heterocycles. The second-order valence-corrected chi connectivity index (χ2v) is 11.4. The summed E-state index contributed by atoms with van der Waals surface area (Å²) in [5.74, 6) is -0.798. The van der Waals surface area contributed by atoms with Crippen molar-refractivity contribution in [3.63, 3.8) is 0 Å².